The van der Waals surface area contributed by atoms with Gasteiger partial charge in [-0.3, -0.25) is 0 Å². The lowest BCUT2D eigenvalue weighted by Crippen LogP contribution is -1.98. The molecule has 1 heterocycles. The van der Waals surface area contributed by atoms with Gasteiger partial charge in [0.05, 0.1) is 21.3 Å². The summed E-state index contributed by atoms with van der Waals surface area (Å²) in [5.41, 5.74) is 1.53. The first-order chi connectivity index (χ1) is 9.58. The number of aryl methyl sites for hydroxylation is 1. The van der Waals surface area contributed by atoms with Crippen LogP contribution in [0.5, 0.6) is 17.2 Å². The van der Waals surface area contributed by atoms with Crippen LogP contribution in [0, 0.1) is 6.92 Å². The summed E-state index contributed by atoms with van der Waals surface area (Å²) in [4.78, 5) is 8.58. The van der Waals surface area contributed by atoms with Crippen molar-refractivity contribution in [2.45, 2.75) is 6.92 Å². The standard InChI is InChI=1S/C14H15ClN2O3/c1-8-5-12(15)17-14(16-8)9-6-10(18-2)13(20-4)11(7-9)19-3/h5-7H,1-4H3. The Balaban J connectivity index is 2.62. The molecule has 0 bridgehead atoms. The van der Waals surface area contributed by atoms with Gasteiger partial charge in [0.25, 0.3) is 0 Å². The van der Waals surface area contributed by atoms with E-state index in [1.54, 1.807) is 39.5 Å². The quantitative estimate of drug-likeness (QED) is 0.811. The smallest absolute Gasteiger partial charge is 0.203 e. The Morgan fingerprint density at radius 2 is 1.50 bits per heavy atom. The summed E-state index contributed by atoms with van der Waals surface area (Å²) in [5, 5.41) is 0.390. The molecule has 0 spiro atoms. The lowest BCUT2D eigenvalue weighted by Gasteiger charge is -2.13. The predicted molar refractivity (Wildman–Crippen MR) is 76.9 cm³/mol. The second-order valence-corrected chi connectivity index (χ2v) is 4.46. The first-order valence-corrected chi connectivity index (χ1v) is 6.28. The molecule has 5 nitrogen and oxygen atoms in total. The van der Waals surface area contributed by atoms with Crippen LogP contribution in [0.15, 0.2) is 18.2 Å². The van der Waals surface area contributed by atoms with E-state index in [0.29, 0.717) is 28.2 Å². The van der Waals surface area contributed by atoms with Crippen molar-refractivity contribution in [3.63, 3.8) is 0 Å². The molecule has 0 aliphatic carbocycles. The van der Waals surface area contributed by atoms with Gasteiger partial charge in [-0.15, -0.1) is 0 Å². The highest BCUT2D eigenvalue weighted by atomic mass is 35.5. The highest BCUT2D eigenvalue weighted by molar-refractivity contribution is 6.29. The van der Waals surface area contributed by atoms with Crippen LogP contribution in [0.4, 0.5) is 0 Å². The Bertz CT molecular complexity index is 587. The Labute approximate surface area is 122 Å². The van der Waals surface area contributed by atoms with E-state index in [4.69, 9.17) is 25.8 Å². The van der Waals surface area contributed by atoms with Gasteiger partial charge in [0.15, 0.2) is 17.3 Å². The highest BCUT2D eigenvalue weighted by Crippen LogP contribution is 2.40. The lowest BCUT2D eigenvalue weighted by molar-refractivity contribution is 0.324. The fourth-order valence-corrected chi connectivity index (χ4v) is 2.11. The minimum Gasteiger partial charge on any atom is -0.493 e. The Morgan fingerprint density at radius 3 is 1.95 bits per heavy atom. The maximum Gasteiger partial charge on any atom is 0.203 e. The third-order valence-corrected chi connectivity index (χ3v) is 2.94. The first kappa shape index (κ1) is 14.4. The van der Waals surface area contributed by atoms with E-state index in [9.17, 15) is 0 Å². The molecule has 0 atom stereocenters. The average Bonchev–Trinajstić information content (AvgIpc) is 2.44. The summed E-state index contributed by atoms with van der Waals surface area (Å²) in [7, 11) is 4.68. The predicted octanol–water partition coefficient (Wildman–Crippen LogP) is 3.13. The molecule has 0 radical (unpaired) electrons. The number of ether oxygens (including phenoxy) is 3. The maximum atomic E-state index is 5.97. The third-order valence-electron chi connectivity index (χ3n) is 2.75. The van der Waals surface area contributed by atoms with E-state index in [1.807, 2.05) is 6.92 Å². The van der Waals surface area contributed by atoms with Crippen molar-refractivity contribution < 1.29 is 14.2 Å². The van der Waals surface area contributed by atoms with Crippen LogP contribution < -0.4 is 14.2 Å². The maximum absolute atomic E-state index is 5.97. The second kappa shape index (κ2) is 5.96. The van der Waals surface area contributed by atoms with Gasteiger partial charge in [-0.2, -0.15) is 0 Å². The molecule has 0 N–H and O–H groups in total. The number of methoxy groups -OCH3 is 3. The molecule has 2 rings (SSSR count). The number of hydrogen-bond donors (Lipinski definition) is 0. The van der Waals surface area contributed by atoms with Crippen LogP contribution in [-0.2, 0) is 0 Å². The van der Waals surface area contributed by atoms with E-state index < -0.39 is 0 Å². The van der Waals surface area contributed by atoms with Gasteiger partial charge in [-0.1, -0.05) is 11.6 Å². The van der Waals surface area contributed by atoms with E-state index in [0.717, 1.165) is 11.3 Å². The van der Waals surface area contributed by atoms with Crippen molar-refractivity contribution in [2.75, 3.05) is 21.3 Å². The van der Waals surface area contributed by atoms with Gasteiger partial charge in [-0.05, 0) is 25.1 Å². The number of rotatable bonds is 4. The van der Waals surface area contributed by atoms with Crippen molar-refractivity contribution in [3.05, 3.63) is 29.0 Å². The molecule has 0 saturated heterocycles. The summed E-state index contributed by atoms with van der Waals surface area (Å²) < 4.78 is 15.9. The molecular weight excluding hydrogens is 280 g/mol. The molecule has 1 aromatic carbocycles. The SMILES string of the molecule is COc1cc(-c2nc(C)cc(Cl)n2)cc(OC)c1OC. The summed E-state index contributed by atoms with van der Waals surface area (Å²) in [5.74, 6) is 2.12. The zero-order valence-electron chi connectivity index (χ0n) is 11.7. The van der Waals surface area contributed by atoms with Gasteiger partial charge in [0.1, 0.15) is 5.15 Å². The van der Waals surface area contributed by atoms with Gasteiger partial charge >= 0.3 is 0 Å². The number of nitrogens with zero attached hydrogens (tertiary/aromatic N) is 2. The molecule has 6 heteroatoms. The third kappa shape index (κ3) is 2.77. The van der Waals surface area contributed by atoms with Crippen LogP contribution in [0.2, 0.25) is 5.15 Å². The zero-order chi connectivity index (χ0) is 14.7. The Morgan fingerprint density at radius 1 is 0.900 bits per heavy atom. The fraction of sp³-hybridized carbons (Fsp3) is 0.286. The summed E-state index contributed by atoms with van der Waals surface area (Å²) in [6.07, 6.45) is 0. The monoisotopic (exact) mass is 294 g/mol. The summed E-state index contributed by atoms with van der Waals surface area (Å²) in [6, 6.07) is 5.27. The van der Waals surface area contributed by atoms with Crippen LogP contribution in [0.25, 0.3) is 11.4 Å². The van der Waals surface area contributed by atoms with Gasteiger partial charge < -0.3 is 14.2 Å². The van der Waals surface area contributed by atoms with Crippen LogP contribution in [-0.4, -0.2) is 31.3 Å². The van der Waals surface area contributed by atoms with Crippen LogP contribution >= 0.6 is 11.6 Å². The molecule has 0 amide bonds. The molecule has 1 aromatic heterocycles. The summed E-state index contributed by atoms with van der Waals surface area (Å²) >= 11 is 5.97. The van der Waals surface area contributed by atoms with Gasteiger partial charge in [-0.25, -0.2) is 9.97 Å². The fourth-order valence-electron chi connectivity index (χ4n) is 1.87. The highest BCUT2D eigenvalue weighted by Gasteiger charge is 2.15. The van der Waals surface area contributed by atoms with Crippen molar-refractivity contribution in [1.29, 1.82) is 0 Å². The minimum atomic E-state index is 0.390. The Hall–Kier alpha value is -2.01. The molecule has 0 saturated carbocycles. The molecule has 0 fully saturated rings. The second-order valence-electron chi connectivity index (χ2n) is 4.07. The normalized spacial score (nSPS) is 10.2. The van der Waals surface area contributed by atoms with Crippen LogP contribution in [0.1, 0.15) is 5.69 Å². The molecular formula is C14H15ClN2O3. The number of benzene rings is 1. The molecule has 106 valence electrons. The van der Waals surface area contributed by atoms with E-state index in [1.165, 1.54) is 0 Å². The molecule has 0 unspecified atom stereocenters. The van der Waals surface area contributed by atoms with Crippen molar-refractivity contribution >= 4 is 11.6 Å². The van der Waals surface area contributed by atoms with Crippen molar-refractivity contribution in [3.8, 4) is 28.6 Å². The van der Waals surface area contributed by atoms with E-state index in [2.05, 4.69) is 9.97 Å². The summed E-state index contributed by atoms with van der Waals surface area (Å²) in [6.45, 7) is 1.86. The van der Waals surface area contributed by atoms with Crippen LogP contribution in [0.3, 0.4) is 0 Å². The number of halogens is 1. The molecule has 2 aromatic rings. The molecule has 20 heavy (non-hydrogen) atoms. The van der Waals surface area contributed by atoms with Gasteiger partial charge in [0, 0.05) is 11.3 Å². The largest absolute Gasteiger partial charge is 0.493 e. The lowest BCUT2D eigenvalue weighted by atomic mass is 10.1. The molecule has 0 aliphatic rings. The van der Waals surface area contributed by atoms with E-state index >= 15 is 0 Å². The first-order valence-electron chi connectivity index (χ1n) is 5.90. The van der Waals surface area contributed by atoms with Gasteiger partial charge in [0.2, 0.25) is 5.75 Å². The Kier molecular flexibility index (Phi) is 4.29. The minimum absolute atomic E-state index is 0.390. The zero-order valence-corrected chi connectivity index (χ0v) is 12.5. The number of hydrogen-bond acceptors (Lipinski definition) is 5. The molecule has 0 aliphatic heterocycles. The topological polar surface area (TPSA) is 53.5 Å². The average molecular weight is 295 g/mol. The number of aromatic nitrogens is 2. The van der Waals surface area contributed by atoms with Crippen molar-refractivity contribution in [1.82, 2.24) is 9.97 Å². The van der Waals surface area contributed by atoms with E-state index in [-0.39, 0.29) is 0 Å². The van der Waals surface area contributed by atoms with Crippen molar-refractivity contribution in [2.24, 2.45) is 0 Å².